The van der Waals surface area contributed by atoms with Crippen molar-refractivity contribution in [2.75, 3.05) is 33.4 Å². The summed E-state index contributed by atoms with van der Waals surface area (Å²) in [6, 6.07) is 0.214. The number of carbonyl (C=O) groups excluding carboxylic acids is 1. The predicted octanol–water partition coefficient (Wildman–Crippen LogP) is 1.74. The lowest BCUT2D eigenvalue weighted by Gasteiger charge is -2.51. The number of halogens is 1. The molecule has 1 saturated carbocycles. The van der Waals surface area contributed by atoms with Crippen LogP contribution in [0.4, 0.5) is 0 Å². The first-order valence-electron chi connectivity index (χ1n) is 7.63. The molecule has 0 aromatic carbocycles. The predicted molar refractivity (Wildman–Crippen MR) is 87.0 cm³/mol. The molecule has 2 atom stereocenters. The van der Waals surface area contributed by atoms with E-state index >= 15 is 0 Å². The molecule has 2 unspecified atom stereocenters. The van der Waals surface area contributed by atoms with Gasteiger partial charge in [-0.25, -0.2) is 0 Å². The maximum atomic E-state index is 11.8. The van der Waals surface area contributed by atoms with Crippen LogP contribution in [0, 0.1) is 5.41 Å². The van der Waals surface area contributed by atoms with Gasteiger partial charge in [-0.15, -0.1) is 12.4 Å². The number of hydrogen-bond acceptors (Lipinski definition) is 4. The van der Waals surface area contributed by atoms with E-state index in [9.17, 15) is 4.79 Å². The van der Waals surface area contributed by atoms with E-state index in [1.807, 2.05) is 0 Å². The van der Waals surface area contributed by atoms with E-state index in [1.165, 1.54) is 0 Å². The molecule has 5 nitrogen and oxygen atoms in total. The number of carbonyl (C=O) groups is 1. The monoisotopic (exact) mass is 322 g/mol. The summed E-state index contributed by atoms with van der Waals surface area (Å²) in [5.74, 6) is 0.0474. The van der Waals surface area contributed by atoms with Crippen LogP contribution in [0.1, 0.15) is 40.0 Å². The third-order valence-electron chi connectivity index (χ3n) is 4.10. The maximum absolute atomic E-state index is 11.8. The fourth-order valence-electron chi connectivity index (χ4n) is 2.40. The Morgan fingerprint density at radius 3 is 2.62 bits per heavy atom. The normalized spacial score (nSPS) is 23.0. The standard InChI is InChI=1S/C15H30N2O3.ClH/c1-5-6-8-20-13-10-12(15(13,2)3)17-14(18)11-16-7-9-19-4;/h12-13,16H,5-11H2,1-4H3,(H,17,18);1H. The van der Waals surface area contributed by atoms with Crippen LogP contribution >= 0.6 is 12.4 Å². The summed E-state index contributed by atoms with van der Waals surface area (Å²) in [4.78, 5) is 11.8. The average molecular weight is 323 g/mol. The smallest absolute Gasteiger partial charge is 0.234 e. The lowest BCUT2D eigenvalue weighted by molar-refractivity contribution is -0.137. The Morgan fingerprint density at radius 2 is 2.05 bits per heavy atom. The van der Waals surface area contributed by atoms with E-state index in [1.54, 1.807) is 7.11 Å². The lowest BCUT2D eigenvalue weighted by atomic mass is 9.64. The zero-order valence-corrected chi connectivity index (χ0v) is 14.6. The number of amides is 1. The van der Waals surface area contributed by atoms with Gasteiger partial charge in [0.05, 0.1) is 19.3 Å². The van der Waals surface area contributed by atoms with Crippen LogP contribution in [0.2, 0.25) is 0 Å². The molecule has 1 aliphatic carbocycles. The zero-order valence-electron chi connectivity index (χ0n) is 13.7. The number of nitrogens with one attached hydrogen (secondary N) is 2. The van der Waals surface area contributed by atoms with Crippen LogP contribution in [0.3, 0.4) is 0 Å². The van der Waals surface area contributed by atoms with Gasteiger partial charge in [0.15, 0.2) is 0 Å². The Morgan fingerprint density at radius 1 is 1.33 bits per heavy atom. The molecule has 0 bridgehead atoms. The summed E-state index contributed by atoms with van der Waals surface area (Å²) in [5.41, 5.74) is 0.0237. The molecule has 0 aliphatic heterocycles. The highest BCUT2D eigenvalue weighted by atomic mass is 35.5. The van der Waals surface area contributed by atoms with Gasteiger partial charge in [0, 0.05) is 31.7 Å². The molecule has 0 heterocycles. The van der Waals surface area contributed by atoms with Gasteiger partial charge in [0.1, 0.15) is 0 Å². The first kappa shape index (κ1) is 20.6. The largest absolute Gasteiger partial charge is 0.383 e. The number of hydrogen-bond donors (Lipinski definition) is 2. The van der Waals surface area contributed by atoms with Crippen LogP contribution in [0.25, 0.3) is 0 Å². The van der Waals surface area contributed by atoms with Gasteiger partial charge >= 0.3 is 0 Å². The molecule has 0 aromatic rings. The molecule has 0 radical (unpaired) electrons. The Labute approximate surface area is 134 Å². The number of unbranched alkanes of at least 4 members (excludes halogenated alkanes) is 1. The molecule has 2 N–H and O–H groups in total. The molecular formula is C15H31ClN2O3. The zero-order chi connectivity index (χ0) is 15.0. The van der Waals surface area contributed by atoms with E-state index in [2.05, 4.69) is 31.4 Å². The highest BCUT2D eigenvalue weighted by molar-refractivity contribution is 5.85. The minimum Gasteiger partial charge on any atom is -0.383 e. The van der Waals surface area contributed by atoms with Crippen LogP contribution in [0.15, 0.2) is 0 Å². The fraction of sp³-hybridized carbons (Fsp3) is 0.933. The van der Waals surface area contributed by atoms with Crippen LogP contribution in [0.5, 0.6) is 0 Å². The van der Waals surface area contributed by atoms with Gasteiger partial charge in [-0.2, -0.15) is 0 Å². The highest BCUT2D eigenvalue weighted by Gasteiger charge is 2.49. The Hall–Kier alpha value is -0.360. The van der Waals surface area contributed by atoms with Gasteiger partial charge < -0.3 is 20.1 Å². The van der Waals surface area contributed by atoms with Gasteiger partial charge in [0.25, 0.3) is 0 Å². The molecular weight excluding hydrogens is 292 g/mol. The molecule has 1 rings (SSSR count). The van der Waals surface area contributed by atoms with Crippen molar-refractivity contribution in [3.8, 4) is 0 Å². The number of rotatable bonds is 10. The number of methoxy groups -OCH3 is 1. The second kappa shape index (κ2) is 10.4. The second-order valence-corrected chi connectivity index (χ2v) is 6.06. The molecule has 1 aliphatic rings. The summed E-state index contributed by atoms with van der Waals surface area (Å²) in [7, 11) is 1.65. The molecule has 6 heteroatoms. The minimum absolute atomic E-state index is 0. The van der Waals surface area contributed by atoms with Crippen molar-refractivity contribution in [1.82, 2.24) is 10.6 Å². The minimum atomic E-state index is 0. The van der Waals surface area contributed by atoms with Crippen molar-refractivity contribution in [3.05, 3.63) is 0 Å². The summed E-state index contributed by atoms with van der Waals surface area (Å²) in [5, 5.41) is 6.13. The molecule has 0 saturated heterocycles. The first-order valence-corrected chi connectivity index (χ1v) is 7.63. The maximum Gasteiger partial charge on any atom is 0.234 e. The van der Waals surface area contributed by atoms with E-state index in [0.29, 0.717) is 19.7 Å². The highest BCUT2D eigenvalue weighted by Crippen LogP contribution is 2.42. The van der Waals surface area contributed by atoms with Crippen molar-refractivity contribution in [2.24, 2.45) is 5.41 Å². The van der Waals surface area contributed by atoms with Crippen molar-refractivity contribution in [1.29, 1.82) is 0 Å². The lowest BCUT2D eigenvalue weighted by Crippen LogP contribution is -2.62. The van der Waals surface area contributed by atoms with Crippen molar-refractivity contribution >= 4 is 18.3 Å². The summed E-state index contributed by atoms with van der Waals surface area (Å²) in [6.45, 7) is 8.97. The Kier molecular flexibility index (Phi) is 10.2. The fourth-order valence-corrected chi connectivity index (χ4v) is 2.40. The van der Waals surface area contributed by atoms with Crippen molar-refractivity contribution in [3.63, 3.8) is 0 Å². The average Bonchev–Trinajstić information content (AvgIpc) is 2.42. The summed E-state index contributed by atoms with van der Waals surface area (Å²) >= 11 is 0. The quantitative estimate of drug-likeness (QED) is 0.602. The number of ether oxygens (including phenoxy) is 2. The van der Waals surface area contributed by atoms with Gasteiger partial charge in [-0.1, -0.05) is 27.2 Å². The third kappa shape index (κ3) is 6.51. The molecule has 1 amide bonds. The topological polar surface area (TPSA) is 59.6 Å². The first-order chi connectivity index (χ1) is 9.52. The van der Waals surface area contributed by atoms with Crippen LogP contribution in [-0.4, -0.2) is 51.5 Å². The molecule has 21 heavy (non-hydrogen) atoms. The molecule has 0 aromatic heterocycles. The van der Waals surface area contributed by atoms with Crippen molar-refractivity contribution < 1.29 is 14.3 Å². The Balaban J connectivity index is 0.00000400. The van der Waals surface area contributed by atoms with Gasteiger partial charge in [-0.05, 0) is 12.8 Å². The molecule has 126 valence electrons. The molecule has 1 fully saturated rings. The third-order valence-corrected chi connectivity index (χ3v) is 4.10. The SMILES string of the molecule is CCCCOC1CC(NC(=O)CNCCOC)C1(C)C.Cl. The van der Waals surface area contributed by atoms with Crippen molar-refractivity contribution in [2.45, 2.75) is 52.2 Å². The van der Waals surface area contributed by atoms with E-state index in [-0.39, 0.29) is 35.9 Å². The Bertz CT molecular complexity index is 301. The van der Waals surface area contributed by atoms with Crippen LogP contribution < -0.4 is 10.6 Å². The molecule has 0 spiro atoms. The van der Waals surface area contributed by atoms with E-state index in [0.717, 1.165) is 25.9 Å². The summed E-state index contributed by atoms with van der Waals surface area (Å²) < 4.78 is 10.8. The second-order valence-electron chi connectivity index (χ2n) is 6.06. The van der Waals surface area contributed by atoms with Gasteiger partial charge in [0.2, 0.25) is 5.91 Å². The van der Waals surface area contributed by atoms with Crippen LogP contribution in [-0.2, 0) is 14.3 Å². The van der Waals surface area contributed by atoms with E-state index in [4.69, 9.17) is 9.47 Å². The van der Waals surface area contributed by atoms with Gasteiger partial charge in [-0.3, -0.25) is 4.79 Å². The summed E-state index contributed by atoms with van der Waals surface area (Å²) in [6.07, 6.45) is 3.44. The van der Waals surface area contributed by atoms with E-state index < -0.39 is 0 Å².